The lowest BCUT2D eigenvalue weighted by Crippen LogP contribution is -2.05. The molecule has 2 aliphatic carbocycles. The Labute approximate surface area is 97.7 Å². The molecule has 1 aromatic rings. The van der Waals surface area contributed by atoms with Crippen LogP contribution in [0.25, 0.3) is 11.6 Å². The highest BCUT2D eigenvalue weighted by molar-refractivity contribution is 5.81. The van der Waals surface area contributed by atoms with Gasteiger partial charge in [0.05, 0.1) is 0 Å². The summed E-state index contributed by atoms with van der Waals surface area (Å²) in [5, 5.41) is 0. The Hall–Kier alpha value is -1.30. The molecule has 0 N–H and O–H groups in total. The third kappa shape index (κ3) is 1.44. The van der Waals surface area contributed by atoms with Crippen LogP contribution in [0.5, 0.6) is 0 Å². The SMILES string of the molecule is Cc1ccc2c3c1C=CC(C)C=C3CCC2. The Balaban J connectivity index is 2.31. The molecular formula is C16H18. The maximum absolute atomic E-state index is 2.45. The third-order valence-electron chi connectivity index (χ3n) is 3.79. The number of hydrogen-bond donors (Lipinski definition) is 0. The summed E-state index contributed by atoms with van der Waals surface area (Å²) in [7, 11) is 0. The van der Waals surface area contributed by atoms with Crippen LogP contribution in [0.15, 0.2) is 24.3 Å². The molecule has 0 radical (unpaired) electrons. The Kier molecular flexibility index (Phi) is 2.24. The molecule has 0 saturated carbocycles. The van der Waals surface area contributed by atoms with Crippen molar-refractivity contribution in [1.82, 2.24) is 0 Å². The van der Waals surface area contributed by atoms with Gasteiger partial charge in [0, 0.05) is 0 Å². The van der Waals surface area contributed by atoms with E-state index in [0.717, 1.165) is 0 Å². The Morgan fingerprint density at radius 2 is 2.06 bits per heavy atom. The molecule has 0 aliphatic heterocycles. The van der Waals surface area contributed by atoms with E-state index in [9.17, 15) is 0 Å². The van der Waals surface area contributed by atoms with Crippen LogP contribution in [0.3, 0.4) is 0 Å². The number of aryl methyl sites for hydroxylation is 2. The van der Waals surface area contributed by atoms with Gasteiger partial charge in [0.2, 0.25) is 0 Å². The fraction of sp³-hybridized carbons (Fsp3) is 0.375. The van der Waals surface area contributed by atoms with Gasteiger partial charge in [-0.1, -0.05) is 37.3 Å². The van der Waals surface area contributed by atoms with Crippen molar-refractivity contribution in [2.45, 2.75) is 33.1 Å². The maximum atomic E-state index is 2.45. The largest absolute Gasteiger partial charge is 0.0773 e. The standard InChI is InChI=1S/C16H18/c1-11-6-9-15-12(2)7-8-13-4-3-5-14(10-11)16(13)15/h6-11H,3-5H2,1-2H3. The molecule has 0 nitrogen and oxygen atoms in total. The van der Waals surface area contributed by atoms with E-state index in [1.165, 1.54) is 30.4 Å². The van der Waals surface area contributed by atoms with Gasteiger partial charge in [0.1, 0.15) is 0 Å². The summed E-state index contributed by atoms with van der Waals surface area (Å²) in [5.74, 6) is 0.577. The van der Waals surface area contributed by atoms with Gasteiger partial charge in [-0.05, 0) is 59.9 Å². The second-order valence-corrected chi connectivity index (χ2v) is 5.09. The second-order valence-electron chi connectivity index (χ2n) is 5.09. The highest BCUT2D eigenvalue weighted by Gasteiger charge is 2.19. The molecule has 3 rings (SSSR count). The predicted octanol–water partition coefficient (Wildman–Crippen LogP) is 4.38. The van der Waals surface area contributed by atoms with Gasteiger partial charge in [-0.2, -0.15) is 0 Å². The van der Waals surface area contributed by atoms with Gasteiger partial charge in [-0.3, -0.25) is 0 Å². The van der Waals surface area contributed by atoms with Crippen molar-refractivity contribution in [3.05, 3.63) is 46.5 Å². The second kappa shape index (κ2) is 3.62. The molecule has 0 aromatic heterocycles. The van der Waals surface area contributed by atoms with Gasteiger partial charge in [0.25, 0.3) is 0 Å². The molecule has 0 amide bonds. The van der Waals surface area contributed by atoms with E-state index in [-0.39, 0.29) is 0 Å². The van der Waals surface area contributed by atoms with Crippen LogP contribution in [-0.4, -0.2) is 0 Å². The van der Waals surface area contributed by atoms with E-state index in [1.54, 1.807) is 16.7 Å². The van der Waals surface area contributed by atoms with Crippen LogP contribution < -0.4 is 0 Å². The lowest BCUT2D eigenvalue weighted by molar-refractivity contribution is 0.813. The minimum Gasteiger partial charge on any atom is -0.0773 e. The summed E-state index contributed by atoms with van der Waals surface area (Å²) in [6, 6.07) is 4.60. The summed E-state index contributed by atoms with van der Waals surface area (Å²) < 4.78 is 0. The van der Waals surface area contributed by atoms with Crippen molar-refractivity contribution in [3.8, 4) is 0 Å². The van der Waals surface area contributed by atoms with E-state index in [2.05, 4.69) is 44.2 Å². The van der Waals surface area contributed by atoms with Crippen LogP contribution in [-0.2, 0) is 6.42 Å². The minimum absolute atomic E-state index is 0.577. The van der Waals surface area contributed by atoms with Gasteiger partial charge in [-0.25, -0.2) is 0 Å². The zero-order valence-corrected chi connectivity index (χ0v) is 10.1. The van der Waals surface area contributed by atoms with Gasteiger partial charge in [-0.15, -0.1) is 0 Å². The third-order valence-corrected chi connectivity index (χ3v) is 3.79. The molecule has 1 aromatic carbocycles. The summed E-state index contributed by atoms with van der Waals surface area (Å²) in [5.41, 5.74) is 7.56. The average Bonchev–Trinajstić information content (AvgIpc) is 2.44. The normalized spacial score (nSPS) is 22.4. The molecule has 1 atom stereocenters. The van der Waals surface area contributed by atoms with Crippen LogP contribution in [0.1, 0.15) is 42.0 Å². The number of hydrogen-bond acceptors (Lipinski definition) is 0. The van der Waals surface area contributed by atoms with Crippen molar-refractivity contribution in [1.29, 1.82) is 0 Å². The zero-order valence-electron chi connectivity index (χ0n) is 10.1. The maximum Gasteiger partial charge on any atom is -0.00725 e. The summed E-state index contributed by atoms with van der Waals surface area (Å²) in [6.45, 7) is 4.50. The number of rotatable bonds is 0. The van der Waals surface area contributed by atoms with Crippen molar-refractivity contribution in [2.75, 3.05) is 0 Å². The molecule has 0 heterocycles. The molecule has 0 saturated heterocycles. The smallest absolute Gasteiger partial charge is 0.00725 e. The molecule has 0 fully saturated rings. The summed E-state index contributed by atoms with van der Waals surface area (Å²) >= 11 is 0. The Morgan fingerprint density at radius 1 is 1.19 bits per heavy atom. The highest BCUT2D eigenvalue weighted by Crippen LogP contribution is 2.38. The molecule has 82 valence electrons. The van der Waals surface area contributed by atoms with Crippen LogP contribution in [0.4, 0.5) is 0 Å². The lowest BCUT2D eigenvalue weighted by atomic mass is 9.83. The molecule has 0 bridgehead atoms. The fourth-order valence-electron chi connectivity index (χ4n) is 2.95. The van der Waals surface area contributed by atoms with Crippen molar-refractivity contribution in [3.63, 3.8) is 0 Å². The molecular weight excluding hydrogens is 192 g/mol. The van der Waals surface area contributed by atoms with E-state index in [0.29, 0.717) is 5.92 Å². The van der Waals surface area contributed by atoms with Crippen LogP contribution >= 0.6 is 0 Å². The molecule has 0 heteroatoms. The molecule has 2 aliphatic rings. The summed E-state index contributed by atoms with van der Waals surface area (Å²) in [6.07, 6.45) is 10.9. The first-order valence-electron chi connectivity index (χ1n) is 6.27. The Bertz CT molecular complexity index is 489. The average molecular weight is 210 g/mol. The van der Waals surface area contributed by atoms with Crippen LogP contribution in [0.2, 0.25) is 0 Å². The van der Waals surface area contributed by atoms with Crippen molar-refractivity contribution >= 4 is 11.6 Å². The lowest BCUT2D eigenvalue weighted by Gasteiger charge is -2.22. The van der Waals surface area contributed by atoms with E-state index in [1.807, 2.05) is 0 Å². The monoisotopic (exact) mass is 210 g/mol. The predicted molar refractivity (Wildman–Crippen MR) is 70.3 cm³/mol. The van der Waals surface area contributed by atoms with Crippen LogP contribution in [0, 0.1) is 12.8 Å². The Morgan fingerprint density at radius 3 is 2.94 bits per heavy atom. The van der Waals surface area contributed by atoms with E-state index < -0.39 is 0 Å². The first kappa shape index (κ1) is 9.89. The highest BCUT2D eigenvalue weighted by atomic mass is 14.2. The zero-order chi connectivity index (χ0) is 11.1. The first-order chi connectivity index (χ1) is 7.75. The molecule has 16 heavy (non-hydrogen) atoms. The number of benzene rings is 1. The van der Waals surface area contributed by atoms with Gasteiger partial charge < -0.3 is 0 Å². The summed E-state index contributed by atoms with van der Waals surface area (Å²) in [4.78, 5) is 0. The fourth-order valence-corrected chi connectivity index (χ4v) is 2.95. The van der Waals surface area contributed by atoms with Gasteiger partial charge >= 0.3 is 0 Å². The molecule has 0 spiro atoms. The quantitative estimate of drug-likeness (QED) is 0.596. The number of allylic oxidation sites excluding steroid dienone is 3. The topological polar surface area (TPSA) is 0 Å². The van der Waals surface area contributed by atoms with E-state index >= 15 is 0 Å². The van der Waals surface area contributed by atoms with E-state index in [4.69, 9.17) is 0 Å². The van der Waals surface area contributed by atoms with Crippen molar-refractivity contribution < 1.29 is 0 Å². The molecule has 1 unspecified atom stereocenters. The van der Waals surface area contributed by atoms with Gasteiger partial charge in [0.15, 0.2) is 0 Å². The van der Waals surface area contributed by atoms with Crippen molar-refractivity contribution in [2.24, 2.45) is 5.92 Å². The first-order valence-corrected chi connectivity index (χ1v) is 6.27. The minimum atomic E-state index is 0.577.